The molecule has 0 aliphatic rings. The summed E-state index contributed by atoms with van der Waals surface area (Å²) in [7, 11) is 0. The predicted molar refractivity (Wildman–Crippen MR) is 136 cm³/mol. The number of carbonyl (C=O) groups is 4. The van der Waals surface area contributed by atoms with Crippen molar-refractivity contribution in [3.05, 3.63) is 48.0 Å². The molecule has 0 spiro atoms. The number of aliphatic hydroxyl groups is 1. The molecule has 4 unspecified atom stereocenters. The highest BCUT2D eigenvalue weighted by Gasteiger charge is 2.30. The van der Waals surface area contributed by atoms with E-state index in [0.29, 0.717) is 17.0 Å². The molecule has 1 heterocycles. The number of hydrogen-bond donors (Lipinski definition) is 8. The molecule has 202 valence electrons. The first-order valence-corrected chi connectivity index (χ1v) is 12.8. The summed E-state index contributed by atoms with van der Waals surface area (Å²) in [6.45, 7) is -0.800. The molecule has 37 heavy (non-hydrogen) atoms. The maximum Gasteiger partial charge on any atom is 0.326 e. The van der Waals surface area contributed by atoms with Crippen molar-refractivity contribution in [1.82, 2.24) is 25.9 Å². The maximum absolute atomic E-state index is 12.9. The van der Waals surface area contributed by atoms with Crippen molar-refractivity contribution in [3.8, 4) is 5.75 Å². The Balaban J connectivity index is 2.02. The number of phenols is 1. The topological polar surface area (TPSA) is 220 Å². The summed E-state index contributed by atoms with van der Waals surface area (Å²) in [6.07, 6.45) is 5.12. The van der Waals surface area contributed by atoms with Crippen LogP contribution in [0.1, 0.15) is 17.7 Å². The first kappa shape index (κ1) is 29.6. The molecule has 0 aliphatic heterocycles. The highest BCUT2D eigenvalue weighted by atomic mass is 32.2. The number of nitrogens with zero attached hydrogens (tertiary/aromatic N) is 1. The Morgan fingerprint density at radius 3 is 2.19 bits per heavy atom. The number of imidazole rings is 1. The summed E-state index contributed by atoms with van der Waals surface area (Å²) < 4.78 is 0. The summed E-state index contributed by atoms with van der Waals surface area (Å²) >= 11 is 1.45. The fourth-order valence-corrected chi connectivity index (χ4v) is 3.79. The van der Waals surface area contributed by atoms with E-state index in [4.69, 9.17) is 5.73 Å². The van der Waals surface area contributed by atoms with Gasteiger partial charge in [-0.25, -0.2) is 9.78 Å². The molecule has 2 aromatic rings. The molecule has 0 fully saturated rings. The van der Waals surface area contributed by atoms with Gasteiger partial charge in [0.1, 0.15) is 23.9 Å². The number of aliphatic carboxylic acids is 1. The van der Waals surface area contributed by atoms with E-state index in [0.717, 1.165) is 0 Å². The van der Waals surface area contributed by atoms with Crippen LogP contribution in [0.5, 0.6) is 5.75 Å². The highest BCUT2D eigenvalue weighted by molar-refractivity contribution is 7.98. The zero-order chi connectivity index (χ0) is 27.4. The lowest BCUT2D eigenvalue weighted by Crippen LogP contribution is -2.58. The second kappa shape index (κ2) is 14.8. The molecule has 1 aromatic heterocycles. The number of carbonyl (C=O) groups excluding carboxylic acids is 3. The average Bonchev–Trinajstić information content (AvgIpc) is 3.38. The van der Waals surface area contributed by atoms with Crippen LogP contribution in [0, 0.1) is 0 Å². The Kier molecular flexibility index (Phi) is 11.9. The quantitative estimate of drug-likeness (QED) is 0.132. The number of benzene rings is 1. The van der Waals surface area contributed by atoms with Gasteiger partial charge in [-0.2, -0.15) is 11.8 Å². The maximum atomic E-state index is 12.9. The second-order valence-electron chi connectivity index (χ2n) is 8.24. The molecule has 4 atom stereocenters. The molecule has 2 rings (SSSR count). The first-order chi connectivity index (χ1) is 17.6. The number of thioether (sulfide) groups is 1. The number of nitrogens with one attached hydrogen (secondary N) is 4. The molecule has 1 aromatic carbocycles. The third-order valence-corrected chi connectivity index (χ3v) is 6.03. The lowest BCUT2D eigenvalue weighted by atomic mass is 10.1. The summed E-state index contributed by atoms with van der Waals surface area (Å²) in [6, 6.07) is 0.988. The van der Waals surface area contributed by atoms with Crippen molar-refractivity contribution in [2.75, 3.05) is 18.6 Å². The summed E-state index contributed by atoms with van der Waals surface area (Å²) in [5.41, 5.74) is 7.13. The smallest absolute Gasteiger partial charge is 0.326 e. The van der Waals surface area contributed by atoms with Crippen molar-refractivity contribution in [2.45, 2.75) is 43.4 Å². The Bertz CT molecular complexity index is 1030. The Labute approximate surface area is 217 Å². The molecule has 0 saturated carbocycles. The number of aromatic hydroxyl groups is 1. The van der Waals surface area contributed by atoms with Gasteiger partial charge in [0.25, 0.3) is 0 Å². The van der Waals surface area contributed by atoms with Gasteiger partial charge in [-0.05, 0) is 36.1 Å². The van der Waals surface area contributed by atoms with E-state index in [1.807, 2.05) is 6.26 Å². The molecule has 3 amide bonds. The fourth-order valence-electron chi connectivity index (χ4n) is 3.32. The van der Waals surface area contributed by atoms with Crippen LogP contribution in [0.25, 0.3) is 0 Å². The van der Waals surface area contributed by atoms with E-state index in [-0.39, 0.29) is 25.0 Å². The van der Waals surface area contributed by atoms with E-state index in [9.17, 15) is 34.5 Å². The molecular weight excluding hydrogens is 504 g/mol. The van der Waals surface area contributed by atoms with Gasteiger partial charge in [0, 0.05) is 24.7 Å². The molecule has 0 bridgehead atoms. The van der Waals surface area contributed by atoms with Crippen LogP contribution < -0.4 is 21.7 Å². The number of aliphatic hydroxyl groups excluding tert-OH is 1. The van der Waals surface area contributed by atoms with Gasteiger partial charge in [-0.3, -0.25) is 14.4 Å². The largest absolute Gasteiger partial charge is 0.508 e. The lowest BCUT2D eigenvalue weighted by Gasteiger charge is -2.24. The van der Waals surface area contributed by atoms with Crippen molar-refractivity contribution in [3.63, 3.8) is 0 Å². The number of aromatic amines is 1. The van der Waals surface area contributed by atoms with Gasteiger partial charge in [0.05, 0.1) is 19.0 Å². The van der Waals surface area contributed by atoms with Gasteiger partial charge in [0.2, 0.25) is 17.7 Å². The third kappa shape index (κ3) is 9.74. The van der Waals surface area contributed by atoms with Crippen LogP contribution >= 0.6 is 11.8 Å². The molecular formula is C23H32N6O7S. The monoisotopic (exact) mass is 536 g/mol. The number of aromatic nitrogens is 2. The van der Waals surface area contributed by atoms with E-state index >= 15 is 0 Å². The molecule has 9 N–H and O–H groups in total. The molecule has 14 heteroatoms. The number of hydrogen-bond acceptors (Lipinski definition) is 9. The Morgan fingerprint density at radius 2 is 1.62 bits per heavy atom. The number of phenolic OH excluding ortho intramolecular Hbond substituents is 1. The number of carboxylic acid groups (broad SMARTS) is 1. The molecule has 13 nitrogen and oxygen atoms in total. The average molecular weight is 537 g/mol. The standard InChI is InChI=1S/C23H32N6O7S/c1-37-7-6-17(27-20(32)16(24)9-14-10-25-12-26-14)21(33)29-19(11-30)22(34)28-18(23(35)36)8-13-2-4-15(31)5-3-13/h2-5,10,12,16-19,30-31H,6-9,11,24H2,1H3,(H,25,26)(H,27,32)(H,28,34)(H,29,33)(H,35,36). The summed E-state index contributed by atoms with van der Waals surface area (Å²) in [5.74, 6) is -3.02. The number of nitrogens with two attached hydrogens (primary N) is 1. The Morgan fingerprint density at radius 1 is 1.00 bits per heavy atom. The summed E-state index contributed by atoms with van der Waals surface area (Å²) in [5, 5.41) is 35.9. The van der Waals surface area contributed by atoms with Crippen molar-refractivity contribution < 1.29 is 34.5 Å². The van der Waals surface area contributed by atoms with E-state index in [2.05, 4.69) is 25.9 Å². The normalized spacial score (nSPS) is 14.1. The van der Waals surface area contributed by atoms with Crippen LogP contribution in [0.3, 0.4) is 0 Å². The number of rotatable bonds is 15. The van der Waals surface area contributed by atoms with Gasteiger partial charge in [-0.1, -0.05) is 12.1 Å². The first-order valence-electron chi connectivity index (χ1n) is 11.4. The van der Waals surface area contributed by atoms with E-state index in [1.165, 1.54) is 48.6 Å². The molecule has 0 aliphatic carbocycles. The Hall–Kier alpha value is -3.62. The molecule has 0 radical (unpaired) electrons. The van der Waals surface area contributed by atoms with Crippen LogP contribution in [-0.4, -0.2) is 91.8 Å². The minimum atomic E-state index is -1.46. The van der Waals surface area contributed by atoms with Crippen molar-refractivity contribution in [2.24, 2.45) is 5.73 Å². The minimum Gasteiger partial charge on any atom is -0.508 e. The predicted octanol–water partition coefficient (Wildman–Crippen LogP) is -1.49. The van der Waals surface area contributed by atoms with Gasteiger partial charge in [0.15, 0.2) is 0 Å². The molecule has 0 saturated heterocycles. The van der Waals surface area contributed by atoms with Gasteiger partial charge >= 0.3 is 5.97 Å². The lowest BCUT2D eigenvalue weighted by molar-refractivity contribution is -0.142. The van der Waals surface area contributed by atoms with Crippen molar-refractivity contribution in [1.29, 1.82) is 0 Å². The van der Waals surface area contributed by atoms with Crippen LogP contribution in [-0.2, 0) is 32.0 Å². The zero-order valence-electron chi connectivity index (χ0n) is 20.2. The van der Waals surface area contributed by atoms with E-state index < -0.39 is 54.5 Å². The van der Waals surface area contributed by atoms with E-state index in [1.54, 1.807) is 0 Å². The SMILES string of the molecule is CSCCC(NC(=O)C(N)Cc1cnc[nH]1)C(=O)NC(CO)C(=O)NC(Cc1ccc(O)cc1)C(=O)O. The van der Waals surface area contributed by atoms with Gasteiger partial charge < -0.3 is 42.0 Å². The second-order valence-corrected chi connectivity index (χ2v) is 9.23. The number of carboxylic acids is 1. The third-order valence-electron chi connectivity index (χ3n) is 5.38. The highest BCUT2D eigenvalue weighted by Crippen LogP contribution is 2.12. The fraction of sp³-hybridized carbons (Fsp3) is 0.435. The van der Waals surface area contributed by atoms with Crippen LogP contribution in [0.4, 0.5) is 0 Å². The van der Waals surface area contributed by atoms with Gasteiger partial charge in [-0.15, -0.1) is 0 Å². The van der Waals surface area contributed by atoms with Crippen LogP contribution in [0.2, 0.25) is 0 Å². The summed E-state index contributed by atoms with van der Waals surface area (Å²) in [4.78, 5) is 56.6. The zero-order valence-corrected chi connectivity index (χ0v) is 21.0. The minimum absolute atomic E-state index is 0.00750. The number of amides is 3. The number of H-pyrrole nitrogens is 1. The van der Waals surface area contributed by atoms with Crippen LogP contribution in [0.15, 0.2) is 36.8 Å². The van der Waals surface area contributed by atoms with Crippen molar-refractivity contribution >= 4 is 35.5 Å².